The van der Waals surface area contributed by atoms with Crippen molar-refractivity contribution in [2.24, 2.45) is 0 Å². The lowest BCUT2D eigenvalue weighted by Gasteiger charge is -2.17. The highest BCUT2D eigenvalue weighted by Gasteiger charge is 2.24. The van der Waals surface area contributed by atoms with Gasteiger partial charge in [0.2, 0.25) is 0 Å². The number of nitrogens with one attached hydrogen (secondary N) is 1. The molecule has 0 heterocycles. The molecule has 0 unspecified atom stereocenters. The quantitative estimate of drug-likeness (QED) is 0.487. The van der Waals surface area contributed by atoms with Crippen molar-refractivity contribution in [1.29, 1.82) is 0 Å². The van der Waals surface area contributed by atoms with Gasteiger partial charge in [-0.3, -0.25) is 14.9 Å². The zero-order valence-electron chi connectivity index (χ0n) is 16.0. The van der Waals surface area contributed by atoms with Crippen LogP contribution in [0.2, 0.25) is 0 Å². The molecule has 0 spiro atoms. The number of nitro groups is 1. The van der Waals surface area contributed by atoms with Crippen molar-refractivity contribution in [2.75, 3.05) is 5.32 Å². The molecule has 142 valence electrons. The van der Waals surface area contributed by atoms with Crippen molar-refractivity contribution in [2.45, 2.75) is 40.7 Å². The van der Waals surface area contributed by atoms with Crippen LogP contribution in [-0.4, -0.2) is 22.9 Å². The number of carbonyl (C=O) groups excluding carboxylic acids is 2. The van der Waals surface area contributed by atoms with Crippen molar-refractivity contribution in [3.8, 4) is 0 Å². The summed E-state index contributed by atoms with van der Waals surface area (Å²) in [6.07, 6.45) is -1.06. The summed E-state index contributed by atoms with van der Waals surface area (Å²) in [5, 5.41) is 13.8. The van der Waals surface area contributed by atoms with Gasteiger partial charge >= 0.3 is 5.97 Å². The first-order chi connectivity index (χ1) is 12.6. The number of esters is 1. The van der Waals surface area contributed by atoms with E-state index in [0.29, 0.717) is 5.69 Å². The predicted molar refractivity (Wildman–Crippen MR) is 102 cm³/mol. The highest BCUT2D eigenvalue weighted by atomic mass is 16.6. The largest absolute Gasteiger partial charge is 0.449 e. The molecule has 27 heavy (non-hydrogen) atoms. The van der Waals surface area contributed by atoms with Crippen LogP contribution in [0.25, 0.3) is 0 Å². The Morgan fingerprint density at radius 1 is 1.11 bits per heavy atom. The fourth-order valence-corrected chi connectivity index (χ4v) is 2.92. The molecule has 2 rings (SSSR count). The van der Waals surface area contributed by atoms with Gasteiger partial charge in [0.05, 0.1) is 10.5 Å². The second-order valence-corrected chi connectivity index (χ2v) is 6.52. The van der Waals surface area contributed by atoms with E-state index in [9.17, 15) is 19.7 Å². The molecule has 0 aliphatic carbocycles. The number of hydrogen-bond donors (Lipinski definition) is 1. The third kappa shape index (κ3) is 4.49. The summed E-state index contributed by atoms with van der Waals surface area (Å²) in [5.74, 6) is -1.25. The smallest absolute Gasteiger partial charge is 0.339 e. The number of amides is 1. The molecule has 0 radical (unpaired) electrons. The molecular formula is C20H22N2O5. The number of aryl methyl sites for hydroxylation is 3. The van der Waals surface area contributed by atoms with Crippen LogP contribution < -0.4 is 5.32 Å². The lowest BCUT2D eigenvalue weighted by atomic mass is 10.0. The van der Waals surface area contributed by atoms with Crippen molar-refractivity contribution in [3.63, 3.8) is 0 Å². The number of anilines is 1. The summed E-state index contributed by atoms with van der Waals surface area (Å²) in [4.78, 5) is 35.2. The summed E-state index contributed by atoms with van der Waals surface area (Å²) < 4.78 is 5.22. The van der Waals surface area contributed by atoms with E-state index < -0.39 is 22.9 Å². The maximum absolute atomic E-state index is 12.4. The first-order valence-corrected chi connectivity index (χ1v) is 8.45. The highest BCUT2D eigenvalue weighted by Crippen LogP contribution is 2.24. The van der Waals surface area contributed by atoms with Crippen molar-refractivity contribution < 1.29 is 19.2 Å². The van der Waals surface area contributed by atoms with Gasteiger partial charge in [0.15, 0.2) is 6.10 Å². The number of carbonyl (C=O) groups is 2. The van der Waals surface area contributed by atoms with E-state index in [-0.39, 0.29) is 16.8 Å². The van der Waals surface area contributed by atoms with E-state index in [2.05, 4.69) is 5.32 Å². The van der Waals surface area contributed by atoms with Gasteiger partial charge < -0.3 is 10.1 Å². The number of nitro benzene ring substituents is 1. The van der Waals surface area contributed by atoms with Crippen molar-refractivity contribution >= 4 is 23.3 Å². The molecule has 2 aromatic rings. The zero-order valence-corrected chi connectivity index (χ0v) is 16.0. The molecular weight excluding hydrogens is 348 g/mol. The Morgan fingerprint density at radius 3 is 2.26 bits per heavy atom. The van der Waals surface area contributed by atoms with Gasteiger partial charge in [-0.25, -0.2) is 4.79 Å². The van der Waals surface area contributed by atoms with Crippen LogP contribution in [0, 0.1) is 37.8 Å². The maximum atomic E-state index is 12.4. The average Bonchev–Trinajstić information content (AvgIpc) is 2.57. The minimum absolute atomic E-state index is 0.0616. The lowest BCUT2D eigenvalue weighted by molar-refractivity contribution is -0.385. The van der Waals surface area contributed by atoms with Gasteiger partial charge in [0.25, 0.3) is 11.6 Å². The second-order valence-electron chi connectivity index (χ2n) is 6.52. The SMILES string of the molecule is Cc1cc(C)c(NC(=O)[C@H](C)OC(=O)c2cccc([N+](=O)[O-])c2C)c(C)c1. The highest BCUT2D eigenvalue weighted by molar-refractivity contribution is 5.99. The summed E-state index contributed by atoms with van der Waals surface area (Å²) in [5.41, 5.74) is 3.68. The molecule has 1 N–H and O–H groups in total. The van der Waals surface area contributed by atoms with Crippen LogP contribution in [-0.2, 0) is 9.53 Å². The van der Waals surface area contributed by atoms with Gasteiger partial charge in [0, 0.05) is 17.3 Å². The average molecular weight is 370 g/mol. The summed E-state index contributed by atoms with van der Waals surface area (Å²) in [6.45, 7) is 8.67. The number of benzene rings is 2. The normalized spacial score (nSPS) is 11.6. The molecule has 1 atom stereocenters. The third-order valence-corrected chi connectivity index (χ3v) is 4.30. The van der Waals surface area contributed by atoms with Crippen LogP contribution >= 0.6 is 0 Å². The Bertz CT molecular complexity index is 898. The topological polar surface area (TPSA) is 98.5 Å². The van der Waals surface area contributed by atoms with E-state index >= 15 is 0 Å². The molecule has 1 amide bonds. The van der Waals surface area contributed by atoms with Gasteiger partial charge in [0.1, 0.15) is 0 Å². The molecule has 0 fully saturated rings. The number of hydrogen-bond acceptors (Lipinski definition) is 5. The molecule has 7 nitrogen and oxygen atoms in total. The first-order valence-electron chi connectivity index (χ1n) is 8.45. The van der Waals surface area contributed by atoms with Crippen molar-refractivity contribution in [1.82, 2.24) is 0 Å². The number of ether oxygens (including phenoxy) is 1. The standard InChI is InChI=1S/C20H22N2O5/c1-11-9-12(2)18(13(3)10-11)21-19(23)15(5)27-20(24)16-7-6-8-17(14(16)4)22(25)26/h6-10,15H,1-5H3,(H,21,23)/t15-/m0/s1. The van der Waals surface area contributed by atoms with E-state index in [0.717, 1.165) is 16.7 Å². The van der Waals surface area contributed by atoms with Gasteiger partial charge in [-0.2, -0.15) is 0 Å². The number of nitrogens with zero attached hydrogens (tertiary/aromatic N) is 1. The van der Waals surface area contributed by atoms with E-state index in [1.165, 1.54) is 32.0 Å². The minimum atomic E-state index is -1.06. The Labute approximate surface area is 157 Å². The Kier molecular flexibility index (Phi) is 5.95. The third-order valence-electron chi connectivity index (χ3n) is 4.30. The zero-order chi connectivity index (χ0) is 20.3. The fraction of sp³-hybridized carbons (Fsp3) is 0.300. The molecule has 0 aliphatic rings. The van der Waals surface area contributed by atoms with Gasteiger partial charge in [-0.15, -0.1) is 0 Å². The minimum Gasteiger partial charge on any atom is -0.449 e. The van der Waals surface area contributed by atoms with Crippen molar-refractivity contribution in [3.05, 3.63) is 68.3 Å². The van der Waals surface area contributed by atoms with E-state index in [1.54, 1.807) is 0 Å². The Balaban J connectivity index is 2.14. The molecule has 0 saturated carbocycles. The van der Waals surface area contributed by atoms with E-state index in [1.807, 2.05) is 32.9 Å². The van der Waals surface area contributed by atoms with E-state index in [4.69, 9.17) is 4.74 Å². The van der Waals surface area contributed by atoms with Crippen LogP contribution in [0.1, 0.15) is 39.5 Å². The number of rotatable bonds is 5. The molecule has 0 bridgehead atoms. The Hall–Kier alpha value is -3.22. The summed E-state index contributed by atoms with van der Waals surface area (Å²) in [6, 6.07) is 8.05. The fourth-order valence-electron chi connectivity index (χ4n) is 2.92. The van der Waals surface area contributed by atoms with Gasteiger partial charge in [-0.1, -0.05) is 23.8 Å². The molecule has 0 saturated heterocycles. The molecule has 7 heteroatoms. The first kappa shape index (κ1) is 20.1. The molecule has 2 aromatic carbocycles. The van der Waals surface area contributed by atoms with Crippen LogP contribution in [0.5, 0.6) is 0 Å². The molecule has 0 aliphatic heterocycles. The Morgan fingerprint density at radius 2 is 1.70 bits per heavy atom. The monoisotopic (exact) mass is 370 g/mol. The van der Waals surface area contributed by atoms with Crippen LogP contribution in [0.4, 0.5) is 11.4 Å². The van der Waals surface area contributed by atoms with Gasteiger partial charge in [-0.05, 0) is 51.8 Å². The lowest BCUT2D eigenvalue weighted by Crippen LogP contribution is -2.30. The van der Waals surface area contributed by atoms with Crippen LogP contribution in [0.3, 0.4) is 0 Å². The predicted octanol–water partition coefficient (Wildman–Crippen LogP) is 4.01. The summed E-state index contributed by atoms with van der Waals surface area (Å²) >= 11 is 0. The molecule has 0 aromatic heterocycles. The second kappa shape index (κ2) is 7.99. The summed E-state index contributed by atoms with van der Waals surface area (Å²) in [7, 11) is 0. The van der Waals surface area contributed by atoms with Crippen LogP contribution in [0.15, 0.2) is 30.3 Å². The maximum Gasteiger partial charge on any atom is 0.339 e.